The van der Waals surface area contributed by atoms with E-state index in [1.807, 2.05) is 48.5 Å². The van der Waals surface area contributed by atoms with Crippen molar-refractivity contribution in [3.8, 4) is 40.8 Å². The van der Waals surface area contributed by atoms with Gasteiger partial charge in [0.05, 0.1) is 25.4 Å². The van der Waals surface area contributed by atoms with Gasteiger partial charge in [-0.1, -0.05) is 50.1 Å². The van der Waals surface area contributed by atoms with E-state index in [0.717, 1.165) is 34.9 Å². The molecule has 3 aromatic carbocycles. The number of benzene rings is 3. The Morgan fingerprint density at radius 2 is 1.73 bits per heavy atom. The van der Waals surface area contributed by atoms with Crippen molar-refractivity contribution in [1.29, 1.82) is 0 Å². The summed E-state index contributed by atoms with van der Waals surface area (Å²) in [5.41, 5.74) is 4.39. The number of hydrogen-bond donors (Lipinski definition) is 0. The molecular weight excluding hydrogens is 464 g/mol. The van der Waals surface area contributed by atoms with Gasteiger partial charge in [0, 0.05) is 17.5 Å². The van der Waals surface area contributed by atoms with Crippen molar-refractivity contribution in [3.05, 3.63) is 82.3 Å². The van der Waals surface area contributed by atoms with E-state index in [1.165, 1.54) is 5.56 Å². The molecule has 0 radical (unpaired) electrons. The number of terminal acetylenes is 1. The lowest BCUT2D eigenvalue weighted by atomic mass is 9.99. The summed E-state index contributed by atoms with van der Waals surface area (Å²) in [7, 11) is 3.24. The second-order valence-corrected chi connectivity index (χ2v) is 9.14. The summed E-state index contributed by atoms with van der Waals surface area (Å²) in [4.78, 5) is 17.8. The predicted molar refractivity (Wildman–Crippen MR) is 148 cm³/mol. The minimum atomic E-state index is -0.278. The molecule has 1 aromatic heterocycles. The molecule has 0 amide bonds. The third kappa shape index (κ3) is 5.78. The Hall–Kier alpha value is -4.24. The Balaban J connectivity index is 1.69. The smallest absolute Gasteiger partial charge is 0.348 e. The fourth-order valence-electron chi connectivity index (χ4n) is 4.41. The number of rotatable bonds is 10. The van der Waals surface area contributed by atoms with Crippen molar-refractivity contribution in [3.63, 3.8) is 0 Å². The molecule has 1 heterocycles. The van der Waals surface area contributed by atoms with E-state index in [0.29, 0.717) is 35.4 Å². The standard InChI is InChI=1S/C31H32N2O4/c1-6-18-37-25-14-15-27-26(20-25)30(24-12-10-23(11-13-24)21(2)3)32-31(34)33(27)17-7-8-22-9-16-28(35-4)29(19-22)36-5/h1,9-16,19-21H,7-8,17-18H2,2-5H3. The zero-order valence-corrected chi connectivity index (χ0v) is 21.8. The first-order valence-corrected chi connectivity index (χ1v) is 12.4. The van der Waals surface area contributed by atoms with Crippen molar-refractivity contribution in [2.45, 2.75) is 39.2 Å². The van der Waals surface area contributed by atoms with Crippen LogP contribution in [-0.4, -0.2) is 30.4 Å². The zero-order chi connectivity index (χ0) is 26.4. The van der Waals surface area contributed by atoms with Gasteiger partial charge in [-0.15, -0.1) is 6.42 Å². The largest absolute Gasteiger partial charge is 0.493 e. The zero-order valence-electron chi connectivity index (χ0n) is 21.8. The molecule has 0 bridgehead atoms. The van der Waals surface area contributed by atoms with Crippen molar-refractivity contribution in [2.24, 2.45) is 0 Å². The maximum Gasteiger partial charge on any atom is 0.348 e. The number of aryl methyl sites for hydroxylation is 2. The molecule has 190 valence electrons. The van der Waals surface area contributed by atoms with Gasteiger partial charge in [-0.25, -0.2) is 4.79 Å². The molecule has 4 aromatic rings. The lowest BCUT2D eigenvalue weighted by Crippen LogP contribution is -2.24. The van der Waals surface area contributed by atoms with E-state index in [4.69, 9.17) is 20.6 Å². The molecule has 0 aliphatic rings. The molecule has 0 fully saturated rings. The molecule has 0 atom stereocenters. The first-order chi connectivity index (χ1) is 17.9. The van der Waals surface area contributed by atoms with Crippen LogP contribution in [0.2, 0.25) is 0 Å². The van der Waals surface area contributed by atoms with Crippen molar-refractivity contribution < 1.29 is 14.2 Å². The number of aromatic nitrogens is 2. The number of hydrogen-bond acceptors (Lipinski definition) is 5. The van der Waals surface area contributed by atoms with Crippen LogP contribution in [0, 0.1) is 12.3 Å². The van der Waals surface area contributed by atoms with Crippen molar-refractivity contribution in [1.82, 2.24) is 9.55 Å². The van der Waals surface area contributed by atoms with Crippen molar-refractivity contribution >= 4 is 10.9 Å². The summed E-state index contributed by atoms with van der Waals surface area (Å²) < 4.78 is 18.2. The van der Waals surface area contributed by atoms with E-state index < -0.39 is 0 Å². The van der Waals surface area contributed by atoms with Gasteiger partial charge in [0.1, 0.15) is 12.4 Å². The van der Waals surface area contributed by atoms with Crippen molar-refractivity contribution in [2.75, 3.05) is 20.8 Å². The van der Waals surface area contributed by atoms with E-state index in [2.05, 4.69) is 36.9 Å². The Bertz CT molecular complexity index is 1480. The highest BCUT2D eigenvalue weighted by Crippen LogP contribution is 2.31. The number of ether oxygens (including phenoxy) is 3. The SMILES string of the molecule is C#CCOc1ccc2c(c1)c(-c1ccc(C(C)C)cc1)nc(=O)n2CCCc1ccc(OC)c(OC)c1. The van der Waals surface area contributed by atoms with Gasteiger partial charge < -0.3 is 14.2 Å². The molecule has 0 saturated carbocycles. The summed E-state index contributed by atoms with van der Waals surface area (Å²) in [6.07, 6.45) is 6.91. The van der Waals surface area contributed by atoms with Crippen LogP contribution in [0.1, 0.15) is 37.3 Å². The van der Waals surface area contributed by atoms with E-state index in [9.17, 15) is 4.79 Å². The van der Waals surface area contributed by atoms with E-state index in [1.54, 1.807) is 18.8 Å². The molecule has 0 aliphatic carbocycles. The van der Waals surface area contributed by atoms with Crippen LogP contribution in [0.15, 0.2) is 65.5 Å². The fraction of sp³-hybridized carbons (Fsp3) is 0.290. The molecule has 0 aliphatic heterocycles. The van der Waals surface area contributed by atoms with Crippen LogP contribution in [-0.2, 0) is 13.0 Å². The minimum absolute atomic E-state index is 0.169. The maximum atomic E-state index is 13.2. The van der Waals surface area contributed by atoms with Gasteiger partial charge >= 0.3 is 5.69 Å². The molecule has 4 rings (SSSR count). The molecule has 37 heavy (non-hydrogen) atoms. The van der Waals surface area contributed by atoms with Crippen LogP contribution >= 0.6 is 0 Å². The fourth-order valence-corrected chi connectivity index (χ4v) is 4.41. The first kappa shape index (κ1) is 25.8. The van der Waals surface area contributed by atoms with Gasteiger partial charge in [0.15, 0.2) is 11.5 Å². The van der Waals surface area contributed by atoms with Gasteiger partial charge in [0.25, 0.3) is 0 Å². The third-order valence-electron chi connectivity index (χ3n) is 6.42. The third-order valence-corrected chi connectivity index (χ3v) is 6.42. The summed E-state index contributed by atoms with van der Waals surface area (Å²) in [6, 6.07) is 19.8. The normalized spacial score (nSPS) is 10.9. The lowest BCUT2D eigenvalue weighted by Gasteiger charge is -2.15. The Morgan fingerprint density at radius 1 is 0.973 bits per heavy atom. The second kappa shape index (κ2) is 11.7. The highest BCUT2D eigenvalue weighted by Gasteiger charge is 2.14. The van der Waals surface area contributed by atoms with E-state index in [-0.39, 0.29) is 12.3 Å². The molecule has 6 heteroatoms. The summed E-state index contributed by atoms with van der Waals surface area (Å²) in [6.45, 7) is 5.00. The number of methoxy groups -OCH3 is 2. The predicted octanol–water partition coefficient (Wildman–Crippen LogP) is 5.85. The lowest BCUT2D eigenvalue weighted by molar-refractivity contribution is 0.354. The van der Waals surface area contributed by atoms with Crippen LogP contribution < -0.4 is 19.9 Å². The van der Waals surface area contributed by atoms with Gasteiger partial charge in [-0.2, -0.15) is 4.98 Å². The van der Waals surface area contributed by atoms with Gasteiger partial charge in [-0.05, 0) is 60.2 Å². The van der Waals surface area contributed by atoms with Gasteiger partial charge in [0.2, 0.25) is 0 Å². The summed E-state index contributed by atoms with van der Waals surface area (Å²) >= 11 is 0. The minimum Gasteiger partial charge on any atom is -0.493 e. The summed E-state index contributed by atoms with van der Waals surface area (Å²) in [5, 5.41) is 0.845. The highest BCUT2D eigenvalue weighted by atomic mass is 16.5. The number of fused-ring (bicyclic) bond motifs is 1. The van der Waals surface area contributed by atoms with Crippen LogP contribution in [0.5, 0.6) is 17.2 Å². The number of nitrogens with zero attached hydrogens (tertiary/aromatic N) is 2. The summed E-state index contributed by atoms with van der Waals surface area (Å²) in [5.74, 6) is 4.94. The highest BCUT2D eigenvalue weighted by molar-refractivity contribution is 5.93. The molecule has 0 saturated heterocycles. The second-order valence-electron chi connectivity index (χ2n) is 9.14. The molecule has 0 unspecified atom stereocenters. The van der Waals surface area contributed by atoms with Gasteiger partial charge in [-0.3, -0.25) is 4.57 Å². The molecule has 6 nitrogen and oxygen atoms in total. The quantitative estimate of drug-likeness (QED) is 0.258. The Morgan fingerprint density at radius 3 is 2.41 bits per heavy atom. The molecule has 0 spiro atoms. The maximum absolute atomic E-state index is 13.2. The first-order valence-electron chi connectivity index (χ1n) is 12.4. The molecular formula is C31H32N2O4. The average Bonchev–Trinajstić information content (AvgIpc) is 2.92. The molecule has 0 N–H and O–H groups in total. The Labute approximate surface area is 217 Å². The van der Waals surface area contributed by atoms with Crippen LogP contribution in [0.3, 0.4) is 0 Å². The average molecular weight is 497 g/mol. The van der Waals surface area contributed by atoms with Crippen LogP contribution in [0.25, 0.3) is 22.2 Å². The van der Waals surface area contributed by atoms with Crippen LogP contribution in [0.4, 0.5) is 0 Å². The Kier molecular flexibility index (Phi) is 8.15. The topological polar surface area (TPSA) is 62.6 Å². The monoisotopic (exact) mass is 496 g/mol. The van der Waals surface area contributed by atoms with E-state index >= 15 is 0 Å².